The number of carbonyl (C=O) groups excluding carboxylic acids is 5. The molecule has 13 heteroatoms. The zero-order valence-corrected chi connectivity index (χ0v) is 33.6. The summed E-state index contributed by atoms with van der Waals surface area (Å²) in [5.41, 5.74) is -6.21. The molecule has 58 heavy (non-hydrogen) atoms. The molecular formula is C45H49NO12. The number of ketones is 1. The first-order valence-corrected chi connectivity index (χ1v) is 19.3. The van der Waals surface area contributed by atoms with E-state index in [4.69, 9.17) is 23.7 Å². The highest BCUT2D eigenvalue weighted by Gasteiger charge is 2.78. The van der Waals surface area contributed by atoms with Crippen molar-refractivity contribution in [1.82, 2.24) is 4.90 Å². The number of aliphatic hydroxyl groups is 2. The summed E-state index contributed by atoms with van der Waals surface area (Å²) in [6.07, 6.45) is -5.76. The van der Waals surface area contributed by atoms with Crippen LogP contribution in [0.3, 0.4) is 0 Å². The molecule has 4 aliphatic rings. The monoisotopic (exact) mass is 795 g/mol. The Morgan fingerprint density at radius 3 is 2.22 bits per heavy atom. The normalized spacial score (nSPS) is 32.5. The number of nitrogens with zero attached hydrogens (tertiary/aromatic N) is 1. The van der Waals surface area contributed by atoms with Gasteiger partial charge >= 0.3 is 24.0 Å². The molecule has 0 unspecified atom stereocenters. The van der Waals surface area contributed by atoms with Crippen LogP contribution < -0.4 is 0 Å². The second-order valence-corrected chi connectivity index (χ2v) is 16.8. The minimum atomic E-state index is -2.25. The van der Waals surface area contributed by atoms with Gasteiger partial charge in [-0.2, -0.15) is 0 Å². The third-order valence-electron chi connectivity index (χ3n) is 12.9. The van der Waals surface area contributed by atoms with Crippen LogP contribution in [-0.2, 0) is 38.1 Å². The van der Waals surface area contributed by atoms with E-state index >= 15 is 4.79 Å². The van der Waals surface area contributed by atoms with Crippen molar-refractivity contribution in [3.05, 3.63) is 101 Å². The number of carbonyl (C=O) groups is 5. The van der Waals surface area contributed by atoms with E-state index in [0.29, 0.717) is 5.57 Å². The summed E-state index contributed by atoms with van der Waals surface area (Å²) >= 11 is 0. The average Bonchev–Trinajstić information content (AvgIpc) is 3.18. The van der Waals surface area contributed by atoms with E-state index in [-0.39, 0.29) is 30.6 Å². The number of rotatable bonds is 7. The second kappa shape index (κ2) is 14.8. The molecule has 3 aromatic rings. The lowest BCUT2D eigenvalue weighted by molar-refractivity contribution is -0.345. The molecule has 1 aliphatic heterocycles. The number of amides is 1. The maximum absolute atomic E-state index is 15.5. The molecule has 1 saturated heterocycles. The van der Waals surface area contributed by atoms with Crippen molar-refractivity contribution in [3.63, 3.8) is 0 Å². The molecule has 3 aliphatic carbocycles. The highest BCUT2D eigenvalue weighted by Crippen LogP contribution is 2.64. The molecule has 3 fully saturated rings. The van der Waals surface area contributed by atoms with Crippen molar-refractivity contribution < 1.29 is 57.9 Å². The molecule has 2 bridgehead atoms. The second-order valence-electron chi connectivity index (χ2n) is 16.8. The lowest BCUT2D eigenvalue weighted by Crippen LogP contribution is -2.82. The van der Waals surface area contributed by atoms with Gasteiger partial charge in [-0.15, -0.1) is 0 Å². The third-order valence-corrected chi connectivity index (χ3v) is 12.9. The molecular weight excluding hydrogens is 746 g/mol. The third kappa shape index (κ3) is 6.49. The van der Waals surface area contributed by atoms with E-state index < -0.39 is 88.3 Å². The van der Waals surface area contributed by atoms with Crippen molar-refractivity contribution >= 4 is 46.6 Å². The first-order chi connectivity index (χ1) is 27.3. The summed E-state index contributed by atoms with van der Waals surface area (Å²) in [6.45, 7) is 7.28. The Kier molecular flexibility index (Phi) is 10.4. The van der Waals surface area contributed by atoms with Gasteiger partial charge in [-0.3, -0.25) is 9.59 Å². The molecule has 0 radical (unpaired) electrons. The van der Waals surface area contributed by atoms with Crippen molar-refractivity contribution in [1.29, 1.82) is 0 Å². The van der Waals surface area contributed by atoms with Gasteiger partial charge in [-0.25, -0.2) is 14.4 Å². The number of hydrogen-bond donors (Lipinski definition) is 2. The standard InChI is InChI=1S/C45H49NO12/c1-25-31(55-34(49)20-18-27-17-19-28-13-11-12-16-30(28)21-27)23-45(53)39(57-40(51)29-14-9-8-10-15-29)37-43(5,32(48)22-33-44(37,24-54-33)58-26(2)47)38(50)36(35(25)42(45,3)4)56-41(52)46(6)7/h8-21,31-33,36-37,39,48,53H,22-24H2,1-7H3/b20-18+/t31-,32-,33+,36+,37-,39-,43+,44-,45+/m0/s1. The number of aliphatic hydroxyl groups excluding tert-OH is 1. The minimum Gasteiger partial charge on any atom is -0.455 e. The van der Waals surface area contributed by atoms with Crippen LogP contribution in [0.5, 0.6) is 0 Å². The van der Waals surface area contributed by atoms with Gasteiger partial charge in [-0.1, -0.05) is 68.4 Å². The molecule has 13 nitrogen and oxygen atoms in total. The lowest BCUT2D eigenvalue weighted by Gasteiger charge is -2.67. The molecule has 2 saturated carbocycles. The number of Topliss-reactive ketones (excluding diaryl/α,β-unsaturated/α-hetero) is 1. The number of fused-ring (bicyclic) bond motifs is 6. The van der Waals surface area contributed by atoms with Gasteiger partial charge < -0.3 is 38.8 Å². The number of esters is 3. The highest BCUT2D eigenvalue weighted by molar-refractivity contribution is 5.96. The topological polar surface area (TPSA) is 175 Å². The zero-order valence-electron chi connectivity index (χ0n) is 33.6. The Morgan fingerprint density at radius 1 is 0.914 bits per heavy atom. The van der Waals surface area contributed by atoms with Crippen LogP contribution in [0.15, 0.2) is 90.0 Å². The molecule has 0 spiro atoms. The van der Waals surface area contributed by atoms with E-state index in [1.807, 2.05) is 42.5 Å². The zero-order chi connectivity index (χ0) is 41.9. The fourth-order valence-corrected chi connectivity index (χ4v) is 9.71. The van der Waals surface area contributed by atoms with E-state index in [9.17, 15) is 29.4 Å². The number of benzene rings is 3. The van der Waals surface area contributed by atoms with Gasteiger partial charge in [0.25, 0.3) is 0 Å². The first-order valence-electron chi connectivity index (χ1n) is 19.3. The quantitative estimate of drug-likeness (QED) is 0.139. The first kappa shape index (κ1) is 40.8. The minimum absolute atomic E-state index is 0.110. The van der Waals surface area contributed by atoms with Gasteiger partial charge in [0.2, 0.25) is 0 Å². The Morgan fingerprint density at radius 2 is 1.59 bits per heavy atom. The molecule has 2 N–H and O–H groups in total. The predicted octanol–water partition coefficient (Wildman–Crippen LogP) is 5.21. The molecule has 0 aromatic heterocycles. The van der Waals surface area contributed by atoms with Crippen molar-refractivity contribution in [3.8, 4) is 0 Å². The average molecular weight is 796 g/mol. The van der Waals surface area contributed by atoms with Crippen molar-refractivity contribution in [2.45, 2.75) is 89.2 Å². The van der Waals surface area contributed by atoms with Crippen LogP contribution in [0.1, 0.15) is 63.4 Å². The summed E-state index contributed by atoms with van der Waals surface area (Å²) in [6, 6.07) is 21.5. The Labute approximate surface area is 336 Å². The Hall–Kier alpha value is -5.37. The van der Waals surface area contributed by atoms with Crippen LogP contribution in [0.4, 0.5) is 4.79 Å². The molecule has 306 valence electrons. The van der Waals surface area contributed by atoms with Crippen LogP contribution in [0, 0.1) is 16.7 Å². The molecule has 1 amide bonds. The van der Waals surface area contributed by atoms with Gasteiger partial charge in [0, 0.05) is 45.4 Å². The van der Waals surface area contributed by atoms with Gasteiger partial charge in [0.05, 0.1) is 29.6 Å². The van der Waals surface area contributed by atoms with Gasteiger partial charge in [0.15, 0.2) is 17.5 Å². The summed E-state index contributed by atoms with van der Waals surface area (Å²) < 4.78 is 30.5. The predicted molar refractivity (Wildman–Crippen MR) is 210 cm³/mol. The van der Waals surface area contributed by atoms with Crippen LogP contribution in [0.2, 0.25) is 0 Å². The van der Waals surface area contributed by atoms with Gasteiger partial charge in [-0.05, 0) is 65.6 Å². The Balaban J connectivity index is 1.41. The summed E-state index contributed by atoms with van der Waals surface area (Å²) in [7, 11) is 2.88. The summed E-state index contributed by atoms with van der Waals surface area (Å²) in [5.74, 6) is -4.63. The summed E-state index contributed by atoms with van der Waals surface area (Å²) in [5, 5.41) is 27.7. The van der Waals surface area contributed by atoms with Crippen LogP contribution >= 0.6 is 0 Å². The molecule has 1 heterocycles. The SMILES string of the molecule is CC(=O)O[C@@]12CO[C@@H]1C[C@H](O)[C@@]1(C)C(=O)[C@H](OC(=O)N(C)C)C3=C(C)[C@@H](OC(=O)/C=C/c4ccc5ccccc5c4)C[C@@](O)([C@@H](OC(=O)c4ccccc4)[C@H]21)C3(C)C. The van der Waals surface area contributed by atoms with Crippen LogP contribution in [-0.4, -0.2) is 107 Å². The van der Waals surface area contributed by atoms with E-state index in [2.05, 4.69) is 0 Å². The smallest absolute Gasteiger partial charge is 0.410 e. The van der Waals surface area contributed by atoms with Gasteiger partial charge in [0.1, 0.15) is 23.9 Å². The fraction of sp³-hybridized carbons (Fsp3) is 0.444. The van der Waals surface area contributed by atoms with Crippen LogP contribution in [0.25, 0.3) is 16.8 Å². The molecule has 3 aromatic carbocycles. The highest BCUT2D eigenvalue weighted by atomic mass is 16.6. The van der Waals surface area contributed by atoms with E-state index in [1.54, 1.807) is 45.0 Å². The molecule has 9 atom stereocenters. The largest absolute Gasteiger partial charge is 0.455 e. The summed E-state index contributed by atoms with van der Waals surface area (Å²) in [4.78, 5) is 71.0. The van der Waals surface area contributed by atoms with Crippen molar-refractivity contribution in [2.24, 2.45) is 16.7 Å². The number of ether oxygens (including phenoxy) is 5. The van der Waals surface area contributed by atoms with E-state index in [1.165, 1.54) is 46.2 Å². The van der Waals surface area contributed by atoms with Crippen molar-refractivity contribution in [2.75, 3.05) is 20.7 Å². The lowest BCUT2D eigenvalue weighted by atomic mass is 9.44. The fourth-order valence-electron chi connectivity index (χ4n) is 9.71. The maximum Gasteiger partial charge on any atom is 0.410 e. The number of hydrogen-bond acceptors (Lipinski definition) is 12. The Bertz CT molecular complexity index is 2230. The molecule has 7 rings (SSSR count). The maximum atomic E-state index is 15.5. The van der Waals surface area contributed by atoms with E-state index in [0.717, 1.165) is 21.2 Å².